The molecule has 1 unspecified atom stereocenters. The third-order valence-electron chi connectivity index (χ3n) is 2.31. The van der Waals surface area contributed by atoms with Crippen molar-refractivity contribution >= 4 is 11.8 Å². The molecule has 0 amide bonds. The van der Waals surface area contributed by atoms with Crippen LogP contribution in [0.2, 0.25) is 0 Å². The quantitative estimate of drug-likeness (QED) is 0.528. The van der Waals surface area contributed by atoms with Crippen LogP contribution in [0.1, 0.15) is 33.1 Å². The van der Waals surface area contributed by atoms with Crippen molar-refractivity contribution < 1.29 is 0 Å². The molecule has 1 rings (SSSR count). The standard InChI is InChI=1S/C10H20N4S/c1-3-9(11-4-2)6-5-7-15-10-12-8-13-14-10/h8-9,11H,3-7H2,1-2H3,(H,12,13,14). The van der Waals surface area contributed by atoms with Crippen LogP contribution >= 0.6 is 11.8 Å². The predicted molar refractivity (Wildman–Crippen MR) is 64.1 cm³/mol. The summed E-state index contributed by atoms with van der Waals surface area (Å²) in [5, 5.41) is 11.1. The van der Waals surface area contributed by atoms with Crippen molar-refractivity contribution in [1.29, 1.82) is 0 Å². The second-order valence-corrected chi connectivity index (χ2v) is 4.53. The molecule has 1 aromatic rings. The minimum atomic E-state index is 0.672. The van der Waals surface area contributed by atoms with Crippen LogP contribution in [0.5, 0.6) is 0 Å². The van der Waals surface area contributed by atoms with Gasteiger partial charge in [-0.3, -0.25) is 5.10 Å². The van der Waals surface area contributed by atoms with Gasteiger partial charge in [0.15, 0.2) is 5.16 Å². The highest BCUT2D eigenvalue weighted by molar-refractivity contribution is 7.99. The maximum Gasteiger partial charge on any atom is 0.183 e. The topological polar surface area (TPSA) is 53.6 Å². The van der Waals surface area contributed by atoms with Crippen LogP contribution in [0.4, 0.5) is 0 Å². The largest absolute Gasteiger partial charge is 0.314 e. The molecule has 0 radical (unpaired) electrons. The Hall–Kier alpha value is -0.550. The first-order chi connectivity index (χ1) is 7.36. The van der Waals surface area contributed by atoms with Gasteiger partial charge in [-0.15, -0.1) is 0 Å². The van der Waals surface area contributed by atoms with Gasteiger partial charge in [0.25, 0.3) is 0 Å². The van der Waals surface area contributed by atoms with Gasteiger partial charge < -0.3 is 5.32 Å². The van der Waals surface area contributed by atoms with E-state index in [1.165, 1.54) is 19.3 Å². The summed E-state index contributed by atoms with van der Waals surface area (Å²) >= 11 is 1.74. The second-order valence-electron chi connectivity index (χ2n) is 3.44. The highest BCUT2D eigenvalue weighted by Crippen LogP contribution is 2.14. The van der Waals surface area contributed by atoms with E-state index in [4.69, 9.17) is 0 Å². The van der Waals surface area contributed by atoms with Crippen molar-refractivity contribution in [2.24, 2.45) is 0 Å². The summed E-state index contributed by atoms with van der Waals surface area (Å²) in [4.78, 5) is 4.07. The fraction of sp³-hybridized carbons (Fsp3) is 0.800. The van der Waals surface area contributed by atoms with E-state index >= 15 is 0 Å². The third kappa shape index (κ3) is 5.18. The lowest BCUT2D eigenvalue weighted by Crippen LogP contribution is -2.28. The molecule has 1 heterocycles. The number of rotatable bonds is 8. The average molecular weight is 228 g/mol. The van der Waals surface area contributed by atoms with E-state index in [1.54, 1.807) is 18.1 Å². The molecule has 5 heteroatoms. The Morgan fingerprint density at radius 1 is 1.53 bits per heavy atom. The van der Waals surface area contributed by atoms with Gasteiger partial charge in [0, 0.05) is 11.8 Å². The van der Waals surface area contributed by atoms with Crippen molar-refractivity contribution in [2.45, 2.75) is 44.3 Å². The Morgan fingerprint density at radius 2 is 2.40 bits per heavy atom. The maximum absolute atomic E-state index is 4.07. The van der Waals surface area contributed by atoms with Crippen molar-refractivity contribution in [3.8, 4) is 0 Å². The molecule has 0 saturated heterocycles. The van der Waals surface area contributed by atoms with Gasteiger partial charge in [-0.25, -0.2) is 4.98 Å². The fourth-order valence-corrected chi connectivity index (χ4v) is 2.24. The highest BCUT2D eigenvalue weighted by Gasteiger charge is 2.04. The maximum atomic E-state index is 4.07. The fourth-order valence-electron chi connectivity index (χ4n) is 1.50. The Morgan fingerprint density at radius 3 is 3.00 bits per heavy atom. The third-order valence-corrected chi connectivity index (χ3v) is 3.28. The summed E-state index contributed by atoms with van der Waals surface area (Å²) < 4.78 is 0. The van der Waals surface area contributed by atoms with Crippen LogP contribution in [0.3, 0.4) is 0 Å². The summed E-state index contributed by atoms with van der Waals surface area (Å²) in [6.07, 6.45) is 5.22. The zero-order chi connectivity index (χ0) is 10.9. The van der Waals surface area contributed by atoms with E-state index < -0.39 is 0 Å². The molecule has 0 aromatic carbocycles. The second kappa shape index (κ2) is 7.70. The molecule has 0 aliphatic rings. The molecule has 0 saturated carbocycles. The minimum absolute atomic E-state index is 0.672. The van der Waals surface area contributed by atoms with Crippen molar-refractivity contribution in [3.63, 3.8) is 0 Å². The van der Waals surface area contributed by atoms with Crippen molar-refractivity contribution in [2.75, 3.05) is 12.3 Å². The van der Waals surface area contributed by atoms with Crippen LogP contribution in [0.25, 0.3) is 0 Å². The minimum Gasteiger partial charge on any atom is -0.314 e. The molecule has 1 atom stereocenters. The number of aromatic nitrogens is 3. The summed E-state index contributed by atoms with van der Waals surface area (Å²) in [5.74, 6) is 1.11. The molecule has 4 nitrogen and oxygen atoms in total. The van der Waals surface area contributed by atoms with Crippen LogP contribution in [0, 0.1) is 0 Å². The number of hydrogen-bond acceptors (Lipinski definition) is 4. The molecule has 2 N–H and O–H groups in total. The Balaban J connectivity index is 2.05. The monoisotopic (exact) mass is 228 g/mol. The van der Waals surface area contributed by atoms with Gasteiger partial charge in [0.2, 0.25) is 0 Å². The predicted octanol–water partition coefficient (Wildman–Crippen LogP) is 2.07. The SMILES string of the molecule is CCNC(CC)CCCSc1ncn[nH]1. The molecule has 0 aliphatic carbocycles. The molecule has 0 bridgehead atoms. The smallest absolute Gasteiger partial charge is 0.183 e. The first kappa shape index (κ1) is 12.5. The van der Waals surface area contributed by atoms with Crippen molar-refractivity contribution in [1.82, 2.24) is 20.5 Å². The molecule has 86 valence electrons. The summed E-state index contributed by atoms with van der Waals surface area (Å²) in [5.41, 5.74) is 0. The number of H-pyrrole nitrogens is 1. The first-order valence-electron chi connectivity index (χ1n) is 5.58. The van der Waals surface area contributed by atoms with Crippen LogP contribution in [0.15, 0.2) is 11.5 Å². The van der Waals surface area contributed by atoms with E-state index in [1.807, 2.05) is 0 Å². The Bertz CT molecular complexity index is 238. The van der Waals surface area contributed by atoms with Gasteiger partial charge in [0.05, 0.1) is 0 Å². The molecular formula is C10H20N4S. The molecule has 0 fully saturated rings. The van der Waals surface area contributed by atoms with Crippen molar-refractivity contribution in [3.05, 3.63) is 6.33 Å². The zero-order valence-electron chi connectivity index (χ0n) is 9.49. The lowest BCUT2D eigenvalue weighted by molar-refractivity contribution is 0.477. The van der Waals surface area contributed by atoms with Gasteiger partial charge in [-0.2, -0.15) is 5.10 Å². The van der Waals surface area contributed by atoms with Gasteiger partial charge in [0.1, 0.15) is 6.33 Å². The van der Waals surface area contributed by atoms with E-state index in [-0.39, 0.29) is 0 Å². The van der Waals surface area contributed by atoms with Gasteiger partial charge in [-0.05, 0) is 25.8 Å². The lowest BCUT2D eigenvalue weighted by Gasteiger charge is -2.14. The number of aromatic amines is 1. The Kier molecular flexibility index (Phi) is 6.43. The molecule has 1 aromatic heterocycles. The number of thioether (sulfide) groups is 1. The molecule has 0 aliphatic heterocycles. The van der Waals surface area contributed by atoms with Crippen LogP contribution < -0.4 is 5.32 Å². The average Bonchev–Trinajstić information content (AvgIpc) is 2.75. The summed E-state index contributed by atoms with van der Waals surface area (Å²) in [6, 6.07) is 0.672. The number of nitrogens with one attached hydrogen (secondary N) is 2. The number of nitrogens with zero attached hydrogens (tertiary/aromatic N) is 2. The van der Waals surface area contributed by atoms with Gasteiger partial charge in [-0.1, -0.05) is 25.6 Å². The highest BCUT2D eigenvalue weighted by atomic mass is 32.2. The van der Waals surface area contributed by atoms with Gasteiger partial charge >= 0.3 is 0 Å². The normalized spacial score (nSPS) is 12.9. The van der Waals surface area contributed by atoms with Crippen LogP contribution in [-0.2, 0) is 0 Å². The van der Waals surface area contributed by atoms with Crippen LogP contribution in [-0.4, -0.2) is 33.5 Å². The zero-order valence-corrected chi connectivity index (χ0v) is 10.3. The van der Waals surface area contributed by atoms with E-state index in [2.05, 4.69) is 34.3 Å². The number of hydrogen-bond donors (Lipinski definition) is 2. The molecule has 0 spiro atoms. The first-order valence-corrected chi connectivity index (χ1v) is 6.56. The summed E-state index contributed by atoms with van der Waals surface area (Å²) in [6.45, 7) is 5.45. The summed E-state index contributed by atoms with van der Waals surface area (Å²) in [7, 11) is 0. The van der Waals surface area contributed by atoms with E-state index in [9.17, 15) is 0 Å². The lowest BCUT2D eigenvalue weighted by atomic mass is 10.1. The Labute approximate surface area is 95.6 Å². The van der Waals surface area contributed by atoms with E-state index in [0.717, 1.165) is 17.5 Å². The molecule has 15 heavy (non-hydrogen) atoms. The van der Waals surface area contributed by atoms with E-state index in [0.29, 0.717) is 6.04 Å². The molecular weight excluding hydrogens is 208 g/mol.